The Hall–Kier alpha value is -0.340. The minimum atomic E-state index is 0.606. The summed E-state index contributed by atoms with van der Waals surface area (Å²) in [4.78, 5) is 0. The SMILES string of the molecule is CCCC1CC1NC1CCc2c(Br)cccc21. The molecule has 92 valence electrons. The molecule has 3 atom stereocenters. The zero-order valence-electron chi connectivity index (χ0n) is 10.4. The number of benzene rings is 1. The Morgan fingerprint density at radius 3 is 3.12 bits per heavy atom. The molecule has 2 aliphatic carbocycles. The van der Waals surface area contributed by atoms with E-state index in [2.05, 4.69) is 46.4 Å². The number of nitrogens with one attached hydrogen (secondary N) is 1. The molecule has 0 spiro atoms. The molecule has 1 aromatic carbocycles. The number of fused-ring (bicyclic) bond motifs is 1. The first kappa shape index (κ1) is 11.7. The van der Waals surface area contributed by atoms with E-state index in [0.29, 0.717) is 6.04 Å². The molecule has 2 aliphatic rings. The van der Waals surface area contributed by atoms with Crippen LogP contribution in [0.25, 0.3) is 0 Å². The molecule has 1 aromatic rings. The van der Waals surface area contributed by atoms with Crippen molar-refractivity contribution >= 4 is 15.9 Å². The summed E-state index contributed by atoms with van der Waals surface area (Å²) in [5.74, 6) is 0.955. The van der Waals surface area contributed by atoms with Crippen LogP contribution >= 0.6 is 15.9 Å². The molecule has 0 aliphatic heterocycles. The monoisotopic (exact) mass is 293 g/mol. The van der Waals surface area contributed by atoms with Gasteiger partial charge in [0.05, 0.1) is 0 Å². The Morgan fingerprint density at radius 2 is 2.29 bits per heavy atom. The predicted molar refractivity (Wildman–Crippen MR) is 75.1 cm³/mol. The van der Waals surface area contributed by atoms with Crippen molar-refractivity contribution in [3.8, 4) is 0 Å². The number of halogens is 1. The summed E-state index contributed by atoms with van der Waals surface area (Å²) in [6, 6.07) is 8.03. The van der Waals surface area contributed by atoms with Gasteiger partial charge in [0.1, 0.15) is 0 Å². The Balaban J connectivity index is 1.67. The summed E-state index contributed by atoms with van der Waals surface area (Å²) in [5.41, 5.74) is 3.05. The molecule has 1 N–H and O–H groups in total. The first-order valence-corrected chi connectivity index (χ1v) is 7.62. The maximum atomic E-state index is 3.85. The highest BCUT2D eigenvalue weighted by Gasteiger charge is 2.38. The summed E-state index contributed by atoms with van der Waals surface area (Å²) >= 11 is 3.67. The molecule has 17 heavy (non-hydrogen) atoms. The van der Waals surface area contributed by atoms with Crippen molar-refractivity contribution in [3.05, 3.63) is 33.8 Å². The van der Waals surface area contributed by atoms with E-state index in [-0.39, 0.29) is 0 Å². The van der Waals surface area contributed by atoms with E-state index in [0.717, 1.165) is 12.0 Å². The highest BCUT2D eigenvalue weighted by atomic mass is 79.9. The number of hydrogen-bond donors (Lipinski definition) is 1. The second-order valence-electron chi connectivity index (χ2n) is 5.46. The number of hydrogen-bond acceptors (Lipinski definition) is 1. The topological polar surface area (TPSA) is 12.0 Å². The highest BCUT2D eigenvalue weighted by molar-refractivity contribution is 9.10. The van der Waals surface area contributed by atoms with E-state index in [1.165, 1.54) is 47.7 Å². The van der Waals surface area contributed by atoms with Crippen LogP contribution in [0.3, 0.4) is 0 Å². The third-order valence-electron chi connectivity index (χ3n) is 4.21. The largest absolute Gasteiger partial charge is 0.307 e. The molecule has 1 nitrogen and oxygen atoms in total. The van der Waals surface area contributed by atoms with Crippen LogP contribution in [0.4, 0.5) is 0 Å². The quantitative estimate of drug-likeness (QED) is 0.877. The van der Waals surface area contributed by atoms with Crippen LogP contribution < -0.4 is 5.32 Å². The lowest BCUT2D eigenvalue weighted by molar-refractivity contribution is 0.498. The smallest absolute Gasteiger partial charge is 0.0329 e. The third kappa shape index (κ3) is 2.30. The van der Waals surface area contributed by atoms with Gasteiger partial charge in [-0.05, 0) is 48.8 Å². The normalized spacial score (nSPS) is 30.4. The molecule has 0 heterocycles. The van der Waals surface area contributed by atoms with E-state index >= 15 is 0 Å². The molecule has 0 radical (unpaired) electrons. The maximum absolute atomic E-state index is 3.85. The van der Waals surface area contributed by atoms with Gasteiger partial charge >= 0.3 is 0 Å². The molecule has 0 amide bonds. The fourth-order valence-electron chi connectivity index (χ4n) is 3.18. The van der Waals surface area contributed by atoms with Crippen LogP contribution in [0.5, 0.6) is 0 Å². The van der Waals surface area contributed by atoms with Crippen molar-refractivity contribution in [2.45, 2.75) is 51.1 Å². The second-order valence-corrected chi connectivity index (χ2v) is 6.31. The van der Waals surface area contributed by atoms with E-state index in [4.69, 9.17) is 0 Å². The van der Waals surface area contributed by atoms with Crippen molar-refractivity contribution in [2.75, 3.05) is 0 Å². The lowest BCUT2D eigenvalue weighted by Crippen LogP contribution is -2.22. The zero-order chi connectivity index (χ0) is 11.8. The minimum absolute atomic E-state index is 0.606. The third-order valence-corrected chi connectivity index (χ3v) is 4.95. The molecule has 0 bridgehead atoms. The van der Waals surface area contributed by atoms with Gasteiger partial charge in [0.15, 0.2) is 0 Å². The molecular weight excluding hydrogens is 274 g/mol. The summed E-state index contributed by atoms with van der Waals surface area (Å²) in [5, 5.41) is 3.85. The highest BCUT2D eigenvalue weighted by Crippen LogP contribution is 2.41. The summed E-state index contributed by atoms with van der Waals surface area (Å²) in [7, 11) is 0. The van der Waals surface area contributed by atoms with Gasteiger partial charge < -0.3 is 5.32 Å². The Morgan fingerprint density at radius 1 is 1.41 bits per heavy atom. The fraction of sp³-hybridized carbons (Fsp3) is 0.600. The lowest BCUT2D eigenvalue weighted by Gasteiger charge is -2.14. The maximum Gasteiger partial charge on any atom is 0.0329 e. The molecule has 1 saturated carbocycles. The molecule has 2 heteroatoms. The van der Waals surface area contributed by atoms with Crippen LogP contribution in [-0.4, -0.2) is 6.04 Å². The van der Waals surface area contributed by atoms with Gasteiger partial charge in [-0.2, -0.15) is 0 Å². The van der Waals surface area contributed by atoms with Crippen molar-refractivity contribution in [1.29, 1.82) is 0 Å². The number of rotatable bonds is 4. The Labute approximate surface area is 112 Å². The van der Waals surface area contributed by atoms with Gasteiger partial charge in [-0.15, -0.1) is 0 Å². The van der Waals surface area contributed by atoms with E-state index in [1.54, 1.807) is 0 Å². The summed E-state index contributed by atoms with van der Waals surface area (Å²) in [6.45, 7) is 2.29. The van der Waals surface area contributed by atoms with Gasteiger partial charge in [0.25, 0.3) is 0 Å². The molecule has 3 rings (SSSR count). The zero-order valence-corrected chi connectivity index (χ0v) is 12.0. The van der Waals surface area contributed by atoms with Gasteiger partial charge in [0.2, 0.25) is 0 Å². The molecular formula is C15H20BrN. The van der Waals surface area contributed by atoms with Gasteiger partial charge in [0, 0.05) is 16.6 Å². The van der Waals surface area contributed by atoms with Crippen LogP contribution in [0.2, 0.25) is 0 Å². The first-order chi connectivity index (χ1) is 8.29. The fourth-order valence-corrected chi connectivity index (χ4v) is 3.76. The van der Waals surface area contributed by atoms with Gasteiger partial charge in [-0.1, -0.05) is 41.4 Å². The second kappa shape index (κ2) is 4.74. The van der Waals surface area contributed by atoms with Crippen LogP contribution in [0.15, 0.2) is 22.7 Å². The molecule has 1 fully saturated rings. The average Bonchev–Trinajstić information content (AvgIpc) is 2.89. The van der Waals surface area contributed by atoms with Crippen LogP contribution in [0.1, 0.15) is 49.8 Å². The molecule has 3 unspecified atom stereocenters. The first-order valence-electron chi connectivity index (χ1n) is 6.83. The van der Waals surface area contributed by atoms with Crippen molar-refractivity contribution in [3.63, 3.8) is 0 Å². The van der Waals surface area contributed by atoms with Crippen LogP contribution in [0, 0.1) is 5.92 Å². The molecule has 0 aromatic heterocycles. The van der Waals surface area contributed by atoms with Gasteiger partial charge in [-0.25, -0.2) is 0 Å². The van der Waals surface area contributed by atoms with Crippen molar-refractivity contribution in [1.82, 2.24) is 5.32 Å². The minimum Gasteiger partial charge on any atom is -0.307 e. The summed E-state index contributed by atoms with van der Waals surface area (Å²) in [6.07, 6.45) is 6.62. The standard InChI is InChI=1S/C15H20BrN/c1-2-4-10-9-15(10)17-14-8-7-11-12(14)5-3-6-13(11)16/h3,5-6,10,14-15,17H,2,4,7-9H2,1H3. The van der Waals surface area contributed by atoms with Crippen molar-refractivity contribution in [2.24, 2.45) is 5.92 Å². The lowest BCUT2D eigenvalue weighted by atomic mass is 10.1. The Kier molecular flexibility index (Phi) is 3.27. The van der Waals surface area contributed by atoms with Crippen LogP contribution in [-0.2, 0) is 6.42 Å². The van der Waals surface area contributed by atoms with Gasteiger partial charge in [-0.3, -0.25) is 0 Å². The summed E-state index contributed by atoms with van der Waals surface area (Å²) < 4.78 is 1.29. The van der Waals surface area contributed by atoms with E-state index in [1.807, 2.05) is 0 Å². The van der Waals surface area contributed by atoms with Crippen molar-refractivity contribution < 1.29 is 0 Å². The predicted octanol–water partition coefficient (Wildman–Crippen LogP) is 4.21. The van der Waals surface area contributed by atoms with E-state index in [9.17, 15) is 0 Å². The Bertz CT molecular complexity index is 415. The molecule has 0 saturated heterocycles. The van der Waals surface area contributed by atoms with E-state index < -0.39 is 0 Å². The average molecular weight is 294 g/mol.